The molecule has 0 saturated heterocycles. The number of unbranched alkanes of at least 4 members (excludes halogenated alkanes) is 1. The van der Waals surface area contributed by atoms with Gasteiger partial charge in [0.25, 0.3) is 0 Å². The Morgan fingerprint density at radius 3 is 2.27 bits per heavy atom. The Balaban J connectivity index is 0.000000288. The van der Waals surface area contributed by atoms with Gasteiger partial charge in [-0.3, -0.25) is 0 Å². The fourth-order valence-electron chi connectivity index (χ4n) is 0.843. The smallest absolute Gasteiger partial charge is 0.335 e. The molecule has 3 nitrogen and oxygen atoms in total. The number of carboxylic acid groups (broad SMARTS) is 1. The highest BCUT2D eigenvalue weighted by Crippen LogP contribution is 1.96. The molecule has 0 atom stereocenters. The maximum Gasteiger partial charge on any atom is 0.335 e. The summed E-state index contributed by atoms with van der Waals surface area (Å²) in [5.74, 6) is -0.879. The van der Waals surface area contributed by atoms with E-state index < -0.39 is 5.97 Å². The predicted octanol–water partition coefficient (Wildman–Crippen LogP) is 2.30. The molecule has 1 aromatic carbocycles. The third-order valence-electron chi connectivity index (χ3n) is 1.63. The zero-order chi connectivity index (χ0) is 11.5. The summed E-state index contributed by atoms with van der Waals surface area (Å²) in [5.41, 5.74) is 5.50. The van der Waals surface area contributed by atoms with Crippen LogP contribution in [-0.2, 0) is 0 Å². The molecule has 3 heteroatoms. The molecule has 0 heterocycles. The van der Waals surface area contributed by atoms with Crippen LogP contribution in [0.4, 0.5) is 0 Å². The highest BCUT2D eigenvalue weighted by molar-refractivity contribution is 5.87. The van der Waals surface area contributed by atoms with Crippen molar-refractivity contribution in [3.05, 3.63) is 48.6 Å². The Labute approximate surface area is 90.2 Å². The quantitative estimate of drug-likeness (QED) is 0.588. The summed E-state index contributed by atoms with van der Waals surface area (Å²) < 4.78 is 0. The lowest BCUT2D eigenvalue weighted by atomic mass is 10.2. The molecule has 0 radical (unpaired) electrons. The molecular weight excluding hydrogens is 190 g/mol. The van der Waals surface area contributed by atoms with Crippen LogP contribution in [0, 0.1) is 0 Å². The first-order chi connectivity index (χ1) is 7.22. The molecule has 0 unspecified atom stereocenters. The summed E-state index contributed by atoms with van der Waals surface area (Å²) in [4.78, 5) is 10.2. The first kappa shape index (κ1) is 13.4. The van der Waals surface area contributed by atoms with Crippen molar-refractivity contribution >= 4 is 5.97 Å². The Bertz CT molecular complexity index is 283. The van der Waals surface area contributed by atoms with Crippen LogP contribution in [0.1, 0.15) is 23.2 Å². The molecule has 0 bridgehead atoms. The van der Waals surface area contributed by atoms with Gasteiger partial charge in [-0.25, -0.2) is 4.79 Å². The van der Waals surface area contributed by atoms with Crippen LogP contribution in [0.15, 0.2) is 43.0 Å². The van der Waals surface area contributed by atoms with Crippen molar-refractivity contribution < 1.29 is 9.90 Å². The Kier molecular flexibility index (Phi) is 8.00. The molecule has 0 amide bonds. The summed E-state index contributed by atoms with van der Waals surface area (Å²) in [5, 5.41) is 8.38. The molecule has 0 aliphatic heterocycles. The summed E-state index contributed by atoms with van der Waals surface area (Å²) in [6.07, 6.45) is 4.01. The average Bonchev–Trinajstić information content (AvgIpc) is 2.28. The molecule has 82 valence electrons. The lowest BCUT2D eigenvalue weighted by Crippen LogP contribution is -1.96. The highest BCUT2D eigenvalue weighted by atomic mass is 16.4. The summed E-state index contributed by atoms with van der Waals surface area (Å²) in [6, 6.07) is 8.30. The van der Waals surface area contributed by atoms with Gasteiger partial charge in [0.1, 0.15) is 0 Å². The number of allylic oxidation sites excluding steroid dienone is 1. The Morgan fingerprint density at radius 1 is 1.40 bits per heavy atom. The minimum Gasteiger partial charge on any atom is -0.478 e. The van der Waals surface area contributed by atoms with Crippen LogP contribution < -0.4 is 5.73 Å². The van der Waals surface area contributed by atoms with Gasteiger partial charge < -0.3 is 10.8 Å². The maximum absolute atomic E-state index is 10.2. The fourth-order valence-corrected chi connectivity index (χ4v) is 0.843. The number of aromatic carboxylic acids is 1. The van der Waals surface area contributed by atoms with Crippen molar-refractivity contribution in [1.29, 1.82) is 0 Å². The van der Waals surface area contributed by atoms with Crippen LogP contribution in [0.5, 0.6) is 0 Å². The number of hydrogen-bond acceptors (Lipinski definition) is 2. The zero-order valence-electron chi connectivity index (χ0n) is 8.73. The molecule has 3 N–H and O–H groups in total. The number of hydrogen-bond donors (Lipinski definition) is 2. The first-order valence-corrected chi connectivity index (χ1v) is 4.81. The van der Waals surface area contributed by atoms with Gasteiger partial charge >= 0.3 is 5.97 Å². The van der Waals surface area contributed by atoms with Gasteiger partial charge in [-0.1, -0.05) is 24.3 Å². The summed E-state index contributed by atoms with van der Waals surface area (Å²) >= 11 is 0. The third kappa shape index (κ3) is 7.46. The zero-order valence-corrected chi connectivity index (χ0v) is 8.73. The standard InChI is InChI=1S/C7H6O2.C5H11N/c8-7(9)6-4-2-1-3-5-6;1-2-3-4-5-6/h1-5H,(H,8,9);2H,1,3-6H2. The topological polar surface area (TPSA) is 63.3 Å². The second-order valence-electron chi connectivity index (χ2n) is 2.89. The van der Waals surface area contributed by atoms with Crippen LogP contribution in [0.25, 0.3) is 0 Å². The van der Waals surface area contributed by atoms with Crippen molar-refractivity contribution in [3.63, 3.8) is 0 Å². The van der Waals surface area contributed by atoms with Gasteiger partial charge in [0.05, 0.1) is 5.56 Å². The fraction of sp³-hybridized carbons (Fsp3) is 0.250. The van der Waals surface area contributed by atoms with Crippen molar-refractivity contribution in [2.75, 3.05) is 6.54 Å². The van der Waals surface area contributed by atoms with Gasteiger partial charge in [0, 0.05) is 0 Å². The number of rotatable bonds is 4. The molecule has 0 aliphatic rings. The molecule has 1 rings (SSSR count). The van der Waals surface area contributed by atoms with Gasteiger partial charge in [0.15, 0.2) is 0 Å². The lowest BCUT2D eigenvalue weighted by Gasteiger charge is -1.88. The predicted molar refractivity (Wildman–Crippen MR) is 61.9 cm³/mol. The third-order valence-corrected chi connectivity index (χ3v) is 1.63. The van der Waals surface area contributed by atoms with Crippen molar-refractivity contribution in [1.82, 2.24) is 0 Å². The molecule has 1 aromatic rings. The van der Waals surface area contributed by atoms with E-state index in [2.05, 4.69) is 6.58 Å². The van der Waals surface area contributed by atoms with Crippen LogP contribution >= 0.6 is 0 Å². The number of carboxylic acids is 1. The van der Waals surface area contributed by atoms with E-state index in [-0.39, 0.29) is 0 Å². The Hall–Kier alpha value is -1.61. The van der Waals surface area contributed by atoms with Crippen molar-refractivity contribution in [2.24, 2.45) is 5.73 Å². The highest BCUT2D eigenvalue weighted by Gasteiger charge is 1.96. The summed E-state index contributed by atoms with van der Waals surface area (Å²) in [6.45, 7) is 4.33. The molecule has 0 aliphatic carbocycles. The van der Waals surface area contributed by atoms with Crippen LogP contribution in [-0.4, -0.2) is 17.6 Å². The normalized spacial score (nSPS) is 8.60. The molecule has 0 saturated carbocycles. The van der Waals surface area contributed by atoms with E-state index in [1.54, 1.807) is 30.3 Å². The van der Waals surface area contributed by atoms with E-state index in [4.69, 9.17) is 10.8 Å². The van der Waals surface area contributed by atoms with E-state index in [0.29, 0.717) is 5.56 Å². The van der Waals surface area contributed by atoms with Crippen LogP contribution in [0.3, 0.4) is 0 Å². The Morgan fingerprint density at radius 2 is 2.00 bits per heavy atom. The minimum atomic E-state index is -0.879. The molecular formula is C12H17NO2. The van der Waals surface area contributed by atoms with Gasteiger partial charge in [-0.15, -0.1) is 6.58 Å². The second-order valence-corrected chi connectivity index (χ2v) is 2.89. The lowest BCUT2D eigenvalue weighted by molar-refractivity contribution is 0.0697. The minimum absolute atomic E-state index is 0.331. The number of benzene rings is 1. The molecule has 0 fully saturated rings. The van der Waals surface area contributed by atoms with Gasteiger partial charge in [-0.2, -0.15) is 0 Å². The van der Waals surface area contributed by atoms with Gasteiger partial charge in [-0.05, 0) is 31.5 Å². The number of nitrogens with two attached hydrogens (primary N) is 1. The van der Waals surface area contributed by atoms with E-state index >= 15 is 0 Å². The van der Waals surface area contributed by atoms with Crippen molar-refractivity contribution in [2.45, 2.75) is 12.8 Å². The largest absolute Gasteiger partial charge is 0.478 e. The monoisotopic (exact) mass is 207 g/mol. The van der Waals surface area contributed by atoms with E-state index in [9.17, 15) is 4.79 Å². The van der Waals surface area contributed by atoms with E-state index in [1.807, 2.05) is 6.08 Å². The first-order valence-electron chi connectivity index (χ1n) is 4.81. The maximum atomic E-state index is 10.2. The molecule has 0 spiro atoms. The van der Waals surface area contributed by atoms with Gasteiger partial charge in [0.2, 0.25) is 0 Å². The van der Waals surface area contributed by atoms with E-state index in [0.717, 1.165) is 19.4 Å². The molecule has 15 heavy (non-hydrogen) atoms. The second kappa shape index (κ2) is 8.97. The average molecular weight is 207 g/mol. The van der Waals surface area contributed by atoms with Crippen molar-refractivity contribution in [3.8, 4) is 0 Å². The molecule has 0 aromatic heterocycles. The number of carbonyl (C=O) groups is 1. The summed E-state index contributed by atoms with van der Waals surface area (Å²) in [7, 11) is 0. The van der Waals surface area contributed by atoms with Crippen LogP contribution in [0.2, 0.25) is 0 Å². The SMILES string of the molecule is C=CCCCN.O=C(O)c1ccccc1. The van der Waals surface area contributed by atoms with E-state index in [1.165, 1.54) is 0 Å².